The van der Waals surface area contributed by atoms with E-state index in [-0.39, 0.29) is 0 Å². The minimum absolute atomic E-state index is 0.375. The van der Waals surface area contributed by atoms with Crippen LogP contribution in [0.2, 0.25) is 20.1 Å². The standard InChI is InChI=1S/C21H21Cl4NO/c1-26-13-3-7-21(26)16(11-27-14-4-6-18(23)20(25)10-14)15(9-13)12-2-5-17(22)19(24)8-12/h2,4-6,8,10,13,15-16,21H,3,7,9,11H2,1H3/t13?,15-,16-,21?/m1/s1. The molecule has 0 aliphatic carbocycles. The van der Waals surface area contributed by atoms with Crippen LogP contribution in [0.25, 0.3) is 0 Å². The van der Waals surface area contributed by atoms with Gasteiger partial charge in [0, 0.05) is 24.1 Å². The van der Waals surface area contributed by atoms with Gasteiger partial charge in [-0.15, -0.1) is 0 Å². The van der Waals surface area contributed by atoms with E-state index in [2.05, 4.69) is 18.0 Å². The van der Waals surface area contributed by atoms with Gasteiger partial charge in [-0.05, 0) is 62.1 Å². The lowest BCUT2D eigenvalue weighted by Gasteiger charge is -2.43. The van der Waals surface area contributed by atoms with Crippen LogP contribution in [-0.4, -0.2) is 30.6 Å². The Bertz CT molecular complexity index is 843. The summed E-state index contributed by atoms with van der Waals surface area (Å²) < 4.78 is 6.16. The van der Waals surface area contributed by atoms with E-state index in [0.29, 0.717) is 50.6 Å². The van der Waals surface area contributed by atoms with Crippen molar-refractivity contribution in [3.8, 4) is 5.75 Å². The monoisotopic (exact) mass is 443 g/mol. The van der Waals surface area contributed by atoms with Crippen LogP contribution >= 0.6 is 46.4 Å². The highest BCUT2D eigenvalue weighted by Gasteiger charge is 2.46. The first-order chi connectivity index (χ1) is 12.9. The minimum atomic E-state index is 0.375. The molecule has 0 saturated carbocycles. The number of halogens is 4. The molecule has 144 valence electrons. The number of piperidine rings is 1. The Morgan fingerprint density at radius 2 is 1.63 bits per heavy atom. The van der Waals surface area contributed by atoms with Crippen LogP contribution in [0.1, 0.15) is 30.7 Å². The van der Waals surface area contributed by atoms with Crippen molar-refractivity contribution < 1.29 is 4.74 Å². The van der Waals surface area contributed by atoms with Gasteiger partial charge in [-0.25, -0.2) is 0 Å². The second-order valence-electron chi connectivity index (χ2n) is 7.53. The average Bonchev–Trinajstić information content (AvgIpc) is 2.88. The van der Waals surface area contributed by atoms with Crippen LogP contribution in [0.3, 0.4) is 0 Å². The van der Waals surface area contributed by atoms with E-state index in [1.54, 1.807) is 12.1 Å². The van der Waals surface area contributed by atoms with Crippen molar-refractivity contribution in [1.82, 2.24) is 4.90 Å². The highest BCUT2D eigenvalue weighted by Crippen LogP contribution is 2.47. The van der Waals surface area contributed by atoms with Crippen LogP contribution in [0.4, 0.5) is 0 Å². The zero-order valence-corrected chi connectivity index (χ0v) is 18.0. The third kappa shape index (κ3) is 3.93. The summed E-state index contributed by atoms with van der Waals surface area (Å²) in [7, 11) is 2.24. The van der Waals surface area contributed by atoms with Crippen LogP contribution in [0.15, 0.2) is 36.4 Å². The quantitative estimate of drug-likeness (QED) is 0.505. The number of hydrogen-bond acceptors (Lipinski definition) is 2. The van der Waals surface area contributed by atoms with Crippen molar-refractivity contribution in [2.45, 2.75) is 37.3 Å². The number of hydrogen-bond donors (Lipinski definition) is 0. The molecule has 27 heavy (non-hydrogen) atoms. The predicted molar refractivity (Wildman–Crippen MR) is 114 cm³/mol. The number of ether oxygens (including phenoxy) is 1. The van der Waals surface area contributed by atoms with E-state index >= 15 is 0 Å². The van der Waals surface area contributed by atoms with Gasteiger partial charge < -0.3 is 9.64 Å². The normalized spacial score (nSPS) is 27.7. The predicted octanol–water partition coefficient (Wildman–Crippen LogP) is 6.95. The summed E-state index contributed by atoms with van der Waals surface area (Å²) in [6.45, 7) is 0.630. The summed E-state index contributed by atoms with van der Waals surface area (Å²) in [5, 5.41) is 2.26. The number of fused-ring (bicyclic) bond motifs is 2. The van der Waals surface area contributed by atoms with Gasteiger partial charge in [0.15, 0.2) is 0 Å². The van der Waals surface area contributed by atoms with Gasteiger partial charge in [-0.2, -0.15) is 0 Å². The fourth-order valence-electron chi connectivity index (χ4n) is 4.69. The zero-order valence-electron chi connectivity index (χ0n) is 15.0. The lowest BCUT2D eigenvalue weighted by atomic mass is 9.76. The highest BCUT2D eigenvalue weighted by atomic mass is 35.5. The Hall–Kier alpha value is -0.640. The maximum Gasteiger partial charge on any atom is 0.120 e. The molecule has 2 aromatic carbocycles. The lowest BCUT2D eigenvalue weighted by molar-refractivity contribution is 0.0666. The van der Waals surface area contributed by atoms with E-state index in [9.17, 15) is 0 Å². The summed E-state index contributed by atoms with van der Waals surface area (Å²) in [6, 6.07) is 12.6. The molecule has 6 heteroatoms. The van der Waals surface area contributed by atoms with Crippen molar-refractivity contribution in [2.75, 3.05) is 13.7 Å². The third-order valence-electron chi connectivity index (χ3n) is 6.14. The Kier molecular flexibility index (Phi) is 5.83. The topological polar surface area (TPSA) is 12.5 Å². The van der Waals surface area contributed by atoms with Gasteiger partial charge >= 0.3 is 0 Å². The molecule has 2 aliphatic heterocycles. The smallest absolute Gasteiger partial charge is 0.120 e. The van der Waals surface area contributed by atoms with Gasteiger partial charge in [-0.3, -0.25) is 0 Å². The molecule has 2 unspecified atom stereocenters. The van der Waals surface area contributed by atoms with Crippen molar-refractivity contribution in [3.05, 3.63) is 62.1 Å². The molecule has 2 aromatic rings. The fourth-order valence-corrected chi connectivity index (χ4v) is 5.28. The summed E-state index contributed by atoms with van der Waals surface area (Å²) >= 11 is 24.6. The molecule has 4 atom stereocenters. The highest BCUT2D eigenvalue weighted by molar-refractivity contribution is 6.42. The Morgan fingerprint density at radius 1 is 0.926 bits per heavy atom. The summed E-state index contributed by atoms with van der Waals surface area (Å²) in [6.07, 6.45) is 3.55. The summed E-state index contributed by atoms with van der Waals surface area (Å²) in [5.41, 5.74) is 1.25. The van der Waals surface area contributed by atoms with E-state index < -0.39 is 0 Å². The molecule has 2 heterocycles. The van der Waals surface area contributed by atoms with Crippen LogP contribution in [0.5, 0.6) is 5.75 Å². The molecule has 2 aliphatic rings. The molecule has 0 spiro atoms. The van der Waals surface area contributed by atoms with E-state index in [1.807, 2.05) is 18.2 Å². The number of benzene rings is 2. The van der Waals surface area contributed by atoms with Crippen LogP contribution in [-0.2, 0) is 0 Å². The summed E-state index contributed by atoms with van der Waals surface area (Å²) in [4.78, 5) is 2.52. The molecule has 0 amide bonds. The zero-order chi connectivity index (χ0) is 19.1. The van der Waals surface area contributed by atoms with Gasteiger partial charge in [0.1, 0.15) is 5.75 Å². The summed E-state index contributed by atoms with van der Waals surface area (Å²) in [5.74, 6) is 1.52. The van der Waals surface area contributed by atoms with E-state index in [4.69, 9.17) is 51.1 Å². The molecule has 2 nitrogen and oxygen atoms in total. The molecular formula is C21H21Cl4NO. The molecule has 2 fully saturated rings. The Balaban J connectivity index is 1.59. The van der Waals surface area contributed by atoms with Crippen molar-refractivity contribution in [1.29, 1.82) is 0 Å². The van der Waals surface area contributed by atoms with Crippen molar-refractivity contribution in [2.24, 2.45) is 5.92 Å². The third-order valence-corrected chi connectivity index (χ3v) is 7.62. The molecule has 4 rings (SSSR count). The molecule has 0 N–H and O–H groups in total. The molecular weight excluding hydrogens is 424 g/mol. The first-order valence-electron chi connectivity index (χ1n) is 9.18. The van der Waals surface area contributed by atoms with Gasteiger partial charge in [-0.1, -0.05) is 52.5 Å². The maximum atomic E-state index is 6.30. The van der Waals surface area contributed by atoms with Gasteiger partial charge in [0.2, 0.25) is 0 Å². The lowest BCUT2D eigenvalue weighted by Crippen LogP contribution is -2.47. The molecule has 2 bridgehead atoms. The van der Waals surface area contributed by atoms with E-state index in [1.165, 1.54) is 18.4 Å². The molecule has 0 aromatic heterocycles. The van der Waals surface area contributed by atoms with Crippen LogP contribution < -0.4 is 4.74 Å². The number of rotatable bonds is 4. The Morgan fingerprint density at radius 3 is 2.33 bits per heavy atom. The van der Waals surface area contributed by atoms with Crippen molar-refractivity contribution >= 4 is 46.4 Å². The first-order valence-corrected chi connectivity index (χ1v) is 10.7. The Labute approximate surface area is 180 Å². The minimum Gasteiger partial charge on any atom is -0.493 e. The van der Waals surface area contributed by atoms with Gasteiger partial charge in [0.25, 0.3) is 0 Å². The second-order valence-corrected chi connectivity index (χ2v) is 9.16. The largest absolute Gasteiger partial charge is 0.493 e. The number of nitrogens with zero attached hydrogens (tertiary/aromatic N) is 1. The molecule has 0 radical (unpaired) electrons. The van der Waals surface area contributed by atoms with Crippen molar-refractivity contribution in [3.63, 3.8) is 0 Å². The average molecular weight is 445 g/mol. The van der Waals surface area contributed by atoms with Crippen LogP contribution in [0, 0.1) is 5.92 Å². The SMILES string of the molecule is CN1C2CCC1[C@H](COc1ccc(Cl)c(Cl)c1)[C@@H](c1ccc(Cl)c(Cl)c1)C2. The molecule has 2 saturated heterocycles. The fraction of sp³-hybridized carbons (Fsp3) is 0.429. The maximum absolute atomic E-state index is 6.30. The second kappa shape index (κ2) is 8.00. The van der Waals surface area contributed by atoms with E-state index in [0.717, 1.165) is 12.2 Å². The van der Waals surface area contributed by atoms with Gasteiger partial charge in [0.05, 0.1) is 26.7 Å². The first kappa shape index (κ1) is 19.7.